The van der Waals surface area contributed by atoms with E-state index < -0.39 is 12.2 Å². The highest BCUT2D eigenvalue weighted by atomic mass is 16.3. The van der Waals surface area contributed by atoms with Crippen LogP contribution in [0.3, 0.4) is 0 Å². The second-order valence-electron chi connectivity index (χ2n) is 4.32. The van der Waals surface area contributed by atoms with Crippen molar-refractivity contribution < 1.29 is 20.4 Å². The third-order valence-corrected chi connectivity index (χ3v) is 3.18. The molecule has 0 aliphatic heterocycles. The molecular weight excluding hydrogens is 208 g/mol. The van der Waals surface area contributed by atoms with Crippen molar-refractivity contribution in [3.63, 3.8) is 0 Å². The van der Waals surface area contributed by atoms with Gasteiger partial charge in [0.1, 0.15) is 0 Å². The summed E-state index contributed by atoms with van der Waals surface area (Å²) in [5.41, 5.74) is 0. The molecule has 0 amide bonds. The van der Waals surface area contributed by atoms with Crippen molar-refractivity contribution in [2.45, 2.75) is 44.8 Å². The van der Waals surface area contributed by atoms with Gasteiger partial charge in [-0.15, -0.1) is 0 Å². The highest BCUT2D eigenvalue weighted by molar-refractivity contribution is 4.77. The molecule has 16 heavy (non-hydrogen) atoms. The Balaban J connectivity index is 4.32. The summed E-state index contributed by atoms with van der Waals surface area (Å²) in [5, 5.41) is 36.6. The predicted octanol–water partition coefficient (Wildman–Crippen LogP) is 0.340. The molecule has 4 atom stereocenters. The van der Waals surface area contributed by atoms with Gasteiger partial charge in [-0.3, -0.25) is 0 Å². The van der Waals surface area contributed by atoms with E-state index in [1.54, 1.807) is 0 Å². The molecule has 0 heterocycles. The second kappa shape index (κ2) is 8.93. The lowest BCUT2D eigenvalue weighted by Crippen LogP contribution is -2.29. The minimum atomic E-state index is -0.993. The average Bonchev–Trinajstić information content (AvgIpc) is 2.25. The van der Waals surface area contributed by atoms with E-state index in [9.17, 15) is 5.11 Å². The third kappa shape index (κ3) is 5.80. The van der Waals surface area contributed by atoms with E-state index >= 15 is 0 Å². The van der Waals surface area contributed by atoms with Crippen molar-refractivity contribution in [2.75, 3.05) is 13.2 Å². The molecule has 0 aliphatic carbocycles. The van der Waals surface area contributed by atoms with E-state index in [4.69, 9.17) is 15.3 Å². The summed E-state index contributed by atoms with van der Waals surface area (Å²) in [6, 6.07) is 0. The van der Waals surface area contributed by atoms with E-state index in [1.807, 2.05) is 6.92 Å². The number of aliphatic hydroxyl groups is 4. The van der Waals surface area contributed by atoms with Gasteiger partial charge < -0.3 is 20.4 Å². The predicted molar refractivity (Wildman–Crippen MR) is 62.7 cm³/mol. The van der Waals surface area contributed by atoms with Gasteiger partial charge in [0.15, 0.2) is 0 Å². The summed E-state index contributed by atoms with van der Waals surface area (Å²) in [5.74, 6) is 0.388. The zero-order valence-corrected chi connectivity index (χ0v) is 10.0. The third-order valence-electron chi connectivity index (χ3n) is 3.18. The highest BCUT2D eigenvalue weighted by Gasteiger charge is 2.24. The SMILES string of the molecule is [CH2][C@@H](O)[C@@H](O)C[C@H](CCO)C(CC)CCO. The fourth-order valence-corrected chi connectivity index (χ4v) is 2.12. The lowest BCUT2D eigenvalue weighted by atomic mass is 9.81. The maximum atomic E-state index is 9.58. The van der Waals surface area contributed by atoms with Gasteiger partial charge in [0.25, 0.3) is 0 Å². The van der Waals surface area contributed by atoms with Gasteiger partial charge in [-0.05, 0) is 38.0 Å². The lowest BCUT2D eigenvalue weighted by molar-refractivity contribution is 0.0170. The highest BCUT2D eigenvalue weighted by Crippen LogP contribution is 2.27. The molecule has 0 saturated carbocycles. The van der Waals surface area contributed by atoms with Crippen molar-refractivity contribution in [3.8, 4) is 0 Å². The van der Waals surface area contributed by atoms with Crippen molar-refractivity contribution >= 4 is 0 Å². The van der Waals surface area contributed by atoms with Crippen LogP contribution in [0.1, 0.15) is 32.6 Å². The van der Waals surface area contributed by atoms with E-state index in [2.05, 4.69) is 6.92 Å². The van der Waals surface area contributed by atoms with Crippen LogP contribution in [-0.2, 0) is 0 Å². The van der Waals surface area contributed by atoms with E-state index in [-0.39, 0.29) is 25.0 Å². The first-order valence-electron chi connectivity index (χ1n) is 5.97. The number of hydrogen-bond donors (Lipinski definition) is 4. The van der Waals surface area contributed by atoms with Crippen LogP contribution in [0.4, 0.5) is 0 Å². The Morgan fingerprint density at radius 1 is 1.00 bits per heavy atom. The van der Waals surface area contributed by atoms with Crippen molar-refractivity contribution in [1.29, 1.82) is 0 Å². The van der Waals surface area contributed by atoms with Crippen molar-refractivity contribution in [3.05, 3.63) is 6.92 Å². The van der Waals surface area contributed by atoms with Gasteiger partial charge in [0.05, 0.1) is 12.2 Å². The van der Waals surface area contributed by atoms with Gasteiger partial charge in [0.2, 0.25) is 0 Å². The van der Waals surface area contributed by atoms with Crippen LogP contribution < -0.4 is 0 Å². The van der Waals surface area contributed by atoms with E-state index in [0.29, 0.717) is 19.3 Å². The number of aliphatic hydroxyl groups excluding tert-OH is 4. The molecule has 0 fully saturated rings. The normalized spacial score (nSPS) is 19.1. The average molecular weight is 233 g/mol. The van der Waals surface area contributed by atoms with Gasteiger partial charge in [-0.25, -0.2) is 0 Å². The Morgan fingerprint density at radius 3 is 1.88 bits per heavy atom. The zero-order valence-electron chi connectivity index (χ0n) is 10.0. The second-order valence-corrected chi connectivity index (χ2v) is 4.32. The van der Waals surface area contributed by atoms with Crippen LogP contribution in [0.5, 0.6) is 0 Å². The fraction of sp³-hybridized carbons (Fsp3) is 0.917. The number of rotatable bonds is 9. The van der Waals surface area contributed by atoms with Crippen LogP contribution in [-0.4, -0.2) is 45.8 Å². The molecule has 0 rings (SSSR count). The minimum Gasteiger partial charge on any atom is -0.396 e. The first kappa shape index (κ1) is 15.8. The summed E-state index contributed by atoms with van der Waals surface area (Å²) < 4.78 is 0. The van der Waals surface area contributed by atoms with Gasteiger partial charge in [-0.1, -0.05) is 13.3 Å². The van der Waals surface area contributed by atoms with Gasteiger partial charge in [0, 0.05) is 13.2 Å². The zero-order chi connectivity index (χ0) is 12.6. The fourth-order valence-electron chi connectivity index (χ4n) is 2.12. The van der Waals surface area contributed by atoms with Crippen LogP contribution in [0.25, 0.3) is 0 Å². The molecule has 4 heteroatoms. The molecule has 97 valence electrons. The molecule has 0 saturated heterocycles. The molecule has 1 unspecified atom stereocenters. The van der Waals surface area contributed by atoms with Crippen molar-refractivity contribution in [2.24, 2.45) is 11.8 Å². The Kier molecular flexibility index (Phi) is 8.84. The molecular formula is C12H25O4. The minimum absolute atomic E-state index is 0.0621. The molecule has 4 nitrogen and oxygen atoms in total. The quantitative estimate of drug-likeness (QED) is 0.463. The maximum Gasteiger partial charge on any atom is 0.0801 e. The molecule has 0 spiro atoms. The van der Waals surface area contributed by atoms with E-state index in [0.717, 1.165) is 6.42 Å². The summed E-state index contributed by atoms with van der Waals surface area (Å²) in [7, 11) is 0. The van der Waals surface area contributed by atoms with Gasteiger partial charge in [-0.2, -0.15) is 0 Å². The molecule has 0 aromatic rings. The Hall–Kier alpha value is -0.160. The topological polar surface area (TPSA) is 80.9 Å². The maximum absolute atomic E-state index is 9.58. The molecule has 0 aliphatic rings. The number of hydrogen-bond acceptors (Lipinski definition) is 4. The van der Waals surface area contributed by atoms with Crippen LogP contribution in [0.2, 0.25) is 0 Å². The van der Waals surface area contributed by atoms with Crippen LogP contribution in [0, 0.1) is 18.8 Å². The first-order chi connectivity index (χ1) is 7.56. The Bertz CT molecular complexity index is 161. The molecule has 0 bridgehead atoms. The van der Waals surface area contributed by atoms with Gasteiger partial charge >= 0.3 is 0 Å². The molecule has 4 N–H and O–H groups in total. The Morgan fingerprint density at radius 2 is 1.50 bits per heavy atom. The molecule has 1 radical (unpaired) electrons. The largest absolute Gasteiger partial charge is 0.396 e. The summed E-state index contributed by atoms with van der Waals surface area (Å²) in [6.45, 7) is 5.58. The summed E-state index contributed by atoms with van der Waals surface area (Å²) in [6.07, 6.45) is 0.718. The smallest absolute Gasteiger partial charge is 0.0801 e. The van der Waals surface area contributed by atoms with Crippen LogP contribution >= 0.6 is 0 Å². The molecule has 0 aromatic carbocycles. The lowest BCUT2D eigenvalue weighted by Gasteiger charge is -2.28. The standard InChI is InChI=1S/C12H25O4/c1-3-10(4-6-13)11(5-7-14)8-12(16)9(2)15/h9-16H,2-8H2,1H3/t9-,10?,11+,12+/m1/s1. The summed E-state index contributed by atoms with van der Waals surface area (Å²) >= 11 is 0. The monoisotopic (exact) mass is 233 g/mol. The van der Waals surface area contributed by atoms with Crippen LogP contribution in [0.15, 0.2) is 0 Å². The molecule has 0 aromatic heterocycles. The summed E-state index contributed by atoms with van der Waals surface area (Å²) in [4.78, 5) is 0. The van der Waals surface area contributed by atoms with E-state index in [1.165, 1.54) is 0 Å². The van der Waals surface area contributed by atoms with Crippen molar-refractivity contribution in [1.82, 2.24) is 0 Å². The first-order valence-corrected chi connectivity index (χ1v) is 5.97. The Labute approximate surface area is 97.9 Å².